The SMILES string of the molecule is C[C@@H](OC1OCCNC1c1ccc(F)cc1)c1cc(C(F)(F)F)ccc1C(F)(F)F. The van der Waals surface area contributed by atoms with Gasteiger partial charge in [-0.15, -0.1) is 0 Å². The van der Waals surface area contributed by atoms with E-state index in [2.05, 4.69) is 5.32 Å². The van der Waals surface area contributed by atoms with Crippen LogP contribution >= 0.6 is 0 Å². The van der Waals surface area contributed by atoms with Crippen molar-refractivity contribution < 1.29 is 40.2 Å². The van der Waals surface area contributed by atoms with Crippen molar-refractivity contribution in [3.05, 3.63) is 70.5 Å². The molecule has 30 heavy (non-hydrogen) atoms. The van der Waals surface area contributed by atoms with Gasteiger partial charge in [0.1, 0.15) is 5.82 Å². The molecule has 10 heteroatoms. The first-order chi connectivity index (χ1) is 14.0. The molecule has 1 heterocycles. The second-order valence-electron chi connectivity index (χ2n) is 6.80. The fraction of sp³-hybridized carbons (Fsp3) is 0.400. The van der Waals surface area contributed by atoms with Gasteiger partial charge in [-0.25, -0.2) is 4.39 Å². The minimum atomic E-state index is -4.86. The van der Waals surface area contributed by atoms with Gasteiger partial charge in [0.05, 0.1) is 29.9 Å². The standard InChI is InChI=1S/C20H18F7NO2/c1-11(15-10-13(19(22,23)24)4-7-16(15)20(25,26)27)30-18-17(28-8-9-29-18)12-2-5-14(21)6-3-12/h2-7,10-11,17-18,28H,8-9H2,1H3/t11-,17?,18?/m1/s1. The number of rotatable bonds is 4. The maximum atomic E-state index is 13.4. The van der Waals surface area contributed by atoms with Crippen LogP contribution in [0.25, 0.3) is 0 Å². The Labute approximate surface area is 167 Å². The van der Waals surface area contributed by atoms with Crippen molar-refractivity contribution in [2.75, 3.05) is 13.2 Å². The van der Waals surface area contributed by atoms with Gasteiger partial charge in [-0.3, -0.25) is 0 Å². The van der Waals surface area contributed by atoms with Crippen LogP contribution in [0, 0.1) is 5.82 Å². The third kappa shape index (κ3) is 5.11. The average Bonchev–Trinajstić information content (AvgIpc) is 2.67. The zero-order chi connectivity index (χ0) is 22.1. The lowest BCUT2D eigenvalue weighted by Crippen LogP contribution is -2.43. The third-order valence-corrected chi connectivity index (χ3v) is 4.71. The van der Waals surface area contributed by atoms with Crippen LogP contribution < -0.4 is 5.32 Å². The number of ether oxygens (including phenoxy) is 2. The highest BCUT2D eigenvalue weighted by atomic mass is 19.4. The van der Waals surface area contributed by atoms with E-state index in [1.807, 2.05) is 0 Å². The zero-order valence-electron chi connectivity index (χ0n) is 15.6. The van der Waals surface area contributed by atoms with Gasteiger partial charge in [0.2, 0.25) is 0 Å². The lowest BCUT2D eigenvalue weighted by molar-refractivity contribution is -0.202. The molecular weight excluding hydrogens is 419 g/mol. The number of halogens is 7. The normalized spacial score (nSPS) is 21.5. The predicted octanol–water partition coefficient (Wildman–Crippen LogP) is 5.63. The van der Waals surface area contributed by atoms with Gasteiger partial charge in [-0.1, -0.05) is 12.1 Å². The summed E-state index contributed by atoms with van der Waals surface area (Å²) in [5.41, 5.74) is -2.51. The summed E-state index contributed by atoms with van der Waals surface area (Å²) in [6.07, 6.45) is -12.1. The maximum absolute atomic E-state index is 13.4. The van der Waals surface area contributed by atoms with Crippen LogP contribution in [0.3, 0.4) is 0 Å². The van der Waals surface area contributed by atoms with Crippen molar-refractivity contribution in [1.82, 2.24) is 5.32 Å². The quantitative estimate of drug-likeness (QED) is 0.630. The Morgan fingerprint density at radius 2 is 1.67 bits per heavy atom. The Hall–Kier alpha value is -2.17. The first-order valence-corrected chi connectivity index (χ1v) is 9.01. The van der Waals surface area contributed by atoms with Gasteiger partial charge in [0, 0.05) is 6.54 Å². The van der Waals surface area contributed by atoms with E-state index in [-0.39, 0.29) is 6.61 Å². The topological polar surface area (TPSA) is 30.5 Å². The monoisotopic (exact) mass is 437 g/mol. The Morgan fingerprint density at radius 3 is 2.27 bits per heavy atom. The summed E-state index contributed by atoms with van der Waals surface area (Å²) >= 11 is 0. The highest BCUT2D eigenvalue weighted by Crippen LogP contribution is 2.40. The molecule has 2 aromatic rings. The second-order valence-corrected chi connectivity index (χ2v) is 6.80. The Balaban J connectivity index is 1.91. The molecule has 0 bridgehead atoms. The van der Waals surface area contributed by atoms with E-state index >= 15 is 0 Å². The molecular formula is C20H18F7NO2. The highest BCUT2D eigenvalue weighted by molar-refractivity contribution is 5.37. The van der Waals surface area contributed by atoms with Crippen molar-refractivity contribution in [2.24, 2.45) is 0 Å². The molecule has 1 N–H and O–H groups in total. The van der Waals surface area contributed by atoms with E-state index in [0.29, 0.717) is 30.3 Å². The number of hydrogen-bond donors (Lipinski definition) is 1. The number of nitrogens with one attached hydrogen (secondary N) is 1. The molecule has 164 valence electrons. The fourth-order valence-corrected chi connectivity index (χ4v) is 3.25. The fourth-order valence-electron chi connectivity index (χ4n) is 3.25. The molecule has 1 aliphatic heterocycles. The van der Waals surface area contributed by atoms with Gasteiger partial charge in [0.15, 0.2) is 6.29 Å². The van der Waals surface area contributed by atoms with Gasteiger partial charge >= 0.3 is 12.4 Å². The molecule has 2 aromatic carbocycles. The summed E-state index contributed by atoms with van der Waals surface area (Å²) in [6.45, 7) is 1.82. The Morgan fingerprint density at radius 1 is 1.00 bits per heavy atom. The van der Waals surface area contributed by atoms with E-state index in [4.69, 9.17) is 9.47 Å². The number of benzene rings is 2. The minimum absolute atomic E-state index is 0.184. The van der Waals surface area contributed by atoms with Crippen molar-refractivity contribution in [2.45, 2.75) is 37.7 Å². The van der Waals surface area contributed by atoms with E-state index in [0.717, 1.165) is 0 Å². The van der Waals surface area contributed by atoms with Crippen molar-refractivity contribution >= 4 is 0 Å². The van der Waals surface area contributed by atoms with E-state index in [1.54, 1.807) is 0 Å². The van der Waals surface area contributed by atoms with Crippen molar-refractivity contribution in [1.29, 1.82) is 0 Å². The van der Waals surface area contributed by atoms with E-state index in [1.165, 1.54) is 31.2 Å². The van der Waals surface area contributed by atoms with Crippen LogP contribution in [0.15, 0.2) is 42.5 Å². The van der Waals surface area contributed by atoms with E-state index < -0.39 is 53.3 Å². The largest absolute Gasteiger partial charge is 0.416 e. The molecule has 0 amide bonds. The highest BCUT2D eigenvalue weighted by Gasteiger charge is 2.39. The smallest absolute Gasteiger partial charge is 0.349 e. The van der Waals surface area contributed by atoms with Gasteiger partial charge in [-0.05, 0) is 48.4 Å². The summed E-state index contributed by atoms with van der Waals surface area (Å²) in [7, 11) is 0. The van der Waals surface area contributed by atoms with Crippen LogP contribution in [0.5, 0.6) is 0 Å². The second kappa shape index (κ2) is 8.52. The number of hydrogen-bond acceptors (Lipinski definition) is 3. The Kier molecular flexibility index (Phi) is 6.40. The maximum Gasteiger partial charge on any atom is 0.416 e. The molecule has 1 aliphatic rings. The molecule has 0 aromatic heterocycles. The molecule has 1 fully saturated rings. The zero-order valence-corrected chi connectivity index (χ0v) is 15.6. The molecule has 1 saturated heterocycles. The molecule has 3 atom stereocenters. The average molecular weight is 437 g/mol. The van der Waals surface area contributed by atoms with Gasteiger partial charge in [0.25, 0.3) is 0 Å². The number of alkyl halides is 6. The third-order valence-electron chi connectivity index (χ3n) is 4.71. The minimum Gasteiger partial charge on any atom is -0.349 e. The molecule has 3 nitrogen and oxygen atoms in total. The summed E-state index contributed by atoms with van der Waals surface area (Å²) in [5.74, 6) is -0.472. The summed E-state index contributed by atoms with van der Waals surface area (Å²) in [6, 6.07) is 5.94. The lowest BCUT2D eigenvalue weighted by Gasteiger charge is -2.35. The first-order valence-electron chi connectivity index (χ1n) is 9.01. The lowest BCUT2D eigenvalue weighted by atomic mass is 9.99. The summed E-state index contributed by atoms with van der Waals surface area (Å²) in [4.78, 5) is 0. The molecule has 0 radical (unpaired) electrons. The van der Waals surface area contributed by atoms with Crippen LogP contribution in [0.4, 0.5) is 30.7 Å². The molecule has 0 aliphatic carbocycles. The van der Waals surface area contributed by atoms with Crippen molar-refractivity contribution in [3.8, 4) is 0 Å². The first kappa shape index (κ1) is 22.5. The molecule has 0 saturated carbocycles. The summed E-state index contributed by atoms with van der Waals surface area (Å²) < 4.78 is 104. The van der Waals surface area contributed by atoms with Crippen LogP contribution in [-0.2, 0) is 21.8 Å². The van der Waals surface area contributed by atoms with Gasteiger partial charge in [-0.2, -0.15) is 26.3 Å². The van der Waals surface area contributed by atoms with Crippen LogP contribution in [-0.4, -0.2) is 19.4 Å². The predicted molar refractivity (Wildman–Crippen MR) is 92.8 cm³/mol. The molecule has 0 spiro atoms. The van der Waals surface area contributed by atoms with Crippen molar-refractivity contribution in [3.63, 3.8) is 0 Å². The van der Waals surface area contributed by atoms with Crippen LogP contribution in [0.1, 0.15) is 41.3 Å². The molecule has 3 rings (SSSR count). The summed E-state index contributed by atoms with van der Waals surface area (Å²) in [5, 5.41) is 3.07. The van der Waals surface area contributed by atoms with Gasteiger partial charge < -0.3 is 14.8 Å². The Bertz CT molecular complexity index is 865. The number of morpholine rings is 1. The van der Waals surface area contributed by atoms with Crippen LogP contribution in [0.2, 0.25) is 0 Å². The molecule has 2 unspecified atom stereocenters. The van der Waals surface area contributed by atoms with E-state index in [9.17, 15) is 30.7 Å².